The third-order valence-electron chi connectivity index (χ3n) is 4.61. The van der Waals surface area contributed by atoms with Crippen LogP contribution in [0.4, 0.5) is 4.79 Å². The zero-order valence-corrected chi connectivity index (χ0v) is 15.4. The summed E-state index contributed by atoms with van der Waals surface area (Å²) in [6, 6.07) is 5.32. The van der Waals surface area contributed by atoms with Crippen LogP contribution in [0.2, 0.25) is 0 Å². The van der Waals surface area contributed by atoms with Crippen molar-refractivity contribution in [3.05, 3.63) is 18.2 Å². The fraction of sp³-hybridized carbons (Fsp3) is 0.579. The third kappa shape index (κ3) is 6.23. The van der Waals surface area contributed by atoms with Crippen LogP contribution in [-0.2, 0) is 4.79 Å². The molecule has 0 spiro atoms. The summed E-state index contributed by atoms with van der Waals surface area (Å²) in [5.41, 5.74) is 0. The Bertz CT molecular complexity index is 646. The summed E-state index contributed by atoms with van der Waals surface area (Å²) in [5.74, 6) is 2.01. The molecule has 0 bridgehead atoms. The Morgan fingerprint density at radius 3 is 2.67 bits per heavy atom. The van der Waals surface area contributed by atoms with E-state index in [1.165, 1.54) is 19.3 Å². The van der Waals surface area contributed by atoms with Crippen molar-refractivity contribution >= 4 is 11.9 Å². The van der Waals surface area contributed by atoms with Crippen LogP contribution in [0.3, 0.4) is 0 Å². The standard InChI is InChI=1S/C19H27N3O5/c23-18(22-14-4-2-1-3-5-14)8-9-20-19(24)21-10-11-25-15-6-7-16-17(12-15)27-13-26-16/h6-7,12,14H,1-5,8-11,13H2,(H,22,23)(H2,20,21,24). The maximum atomic E-state index is 11.9. The van der Waals surface area contributed by atoms with Gasteiger partial charge in [-0.1, -0.05) is 19.3 Å². The van der Waals surface area contributed by atoms with E-state index in [9.17, 15) is 9.59 Å². The van der Waals surface area contributed by atoms with Gasteiger partial charge in [0.25, 0.3) is 0 Å². The van der Waals surface area contributed by atoms with E-state index in [-0.39, 0.29) is 25.2 Å². The molecule has 0 saturated heterocycles. The SMILES string of the molecule is O=C(CCNC(=O)NCCOc1ccc2c(c1)OCO2)NC1CCCCC1. The van der Waals surface area contributed by atoms with Gasteiger partial charge in [-0.05, 0) is 25.0 Å². The molecule has 0 radical (unpaired) electrons. The molecule has 3 amide bonds. The molecule has 1 aromatic rings. The highest BCUT2D eigenvalue weighted by Gasteiger charge is 2.15. The van der Waals surface area contributed by atoms with E-state index in [4.69, 9.17) is 14.2 Å². The topological polar surface area (TPSA) is 97.9 Å². The second-order valence-electron chi connectivity index (χ2n) is 6.70. The van der Waals surface area contributed by atoms with E-state index in [2.05, 4.69) is 16.0 Å². The van der Waals surface area contributed by atoms with Gasteiger partial charge in [-0.15, -0.1) is 0 Å². The lowest BCUT2D eigenvalue weighted by Gasteiger charge is -2.22. The lowest BCUT2D eigenvalue weighted by atomic mass is 9.95. The predicted octanol–water partition coefficient (Wildman–Crippen LogP) is 1.93. The largest absolute Gasteiger partial charge is 0.492 e. The third-order valence-corrected chi connectivity index (χ3v) is 4.61. The van der Waals surface area contributed by atoms with Gasteiger partial charge in [-0.3, -0.25) is 4.79 Å². The van der Waals surface area contributed by atoms with Gasteiger partial charge in [-0.25, -0.2) is 4.79 Å². The minimum absolute atomic E-state index is 0.00617. The summed E-state index contributed by atoms with van der Waals surface area (Å²) < 4.78 is 16.1. The molecule has 8 heteroatoms. The molecule has 3 N–H and O–H groups in total. The van der Waals surface area contributed by atoms with Gasteiger partial charge >= 0.3 is 6.03 Å². The Balaban J connectivity index is 1.23. The average Bonchev–Trinajstić information content (AvgIpc) is 3.14. The molecular formula is C19H27N3O5. The molecule has 1 fully saturated rings. The van der Waals surface area contributed by atoms with Crippen molar-refractivity contribution in [2.24, 2.45) is 0 Å². The number of hydrogen-bond donors (Lipinski definition) is 3. The summed E-state index contributed by atoms with van der Waals surface area (Å²) in [6.07, 6.45) is 6.02. The molecule has 0 atom stereocenters. The zero-order chi connectivity index (χ0) is 18.9. The second-order valence-corrected chi connectivity index (χ2v) is 6.70. The number of ether oxygens (including phenoxy) is 3. The van der Waals surface area contributed by atoms with Crippen molar-refractivity contribution in [3.8, 4) is 17.2 Å². The Labute approximate surface area is 158 Å². The quantitative estimate of drug-likeness (QED) is 0.602. The van der Waals surface area contributed by atoms with E-state index in [0.717, 1.165) is 12.8 Å². The molecule has 2 aliphatic rings. The molecule has 27 heavy (non-hydrogen) atoms. The van der Waals surface area contributed by atoms with Gasteiger partial charge < -0.3 is 30.2 Å². The van der Waals surface area contributed by atoms with Crippen LogP contribution in [-0.4, -0.2) is 44.5 Å². The van der Waals surface area contributed by atoms with E-state index in [1.807, 2.05) is 0 Å². The summed E-state index contributed by atoms with van der Waals surface area (Å²) in [5, 5.41) is 8.41. The number of hydrogen-bond acceptors (Lipinski definition) is 5. The minimum Gasteiger partial charge on any atom is -0.492 e. The molecule has 1 saturated carbocycles. The van der Waals surface area contributed by atoms with Crippen LogP contribution in [0.15, 0.2) is 18.2 Å². The van der Waals surface area contributed by atoms with Gasteiger partial charge in [0.2, 0.25) is 12.7 Å². The lowest BCUT2D eigenvalue weighted by Crippen LogP contribution is -2.41. The molecule has 1 aliphatic carbocycles. The van der Waals surface area contributed by atoms with Crippen LogP contribution in [0.5, 0.6) is 17.2 Å². The first-order valence-electron chi connectivity index (χ1n) is 9.54. The van der Waals surface area contributed by atoms with Gasteiger partial charge in [-0.2, -0.15) is 0 Å². The van der Waals surface area contributed by atoms with Gasteiger partial charge in [0, 0.05) is 25.1 Å². The first-order valence-corrected chi connectivity index (χ1v) is 9.54. The number of benzene rings is 1. The fourth-order valence-electron chi connectivity index (χ4n) is 3.20. The molecule has 3 rings (SSSR count). The molecular weight excluding hydrogens is 350 g/mol. The van der Waals surface area contributed by atoms with Crippen LogP contribution in [0, 0.1) is 0 Å². The number of carbonyl (C=O) groups excluding carboxylic acids is 2. The molecule has 1 aliphatic heterocycles. The average molecular weight is 377 g/mol. The van der Waals surface area contributed by atoms with Gasteiger partial charge in [0.1, 0.15) is 12.4 Å². The fourth-order valence-corrected chi connectivity index (χ4v) is 3.20. The highest BCUT2D eigenvalue weighted by molar-refractivity contribution is 5.78. The van der Waals surface area contributed by atoms with E-state index < -0.39 is 0 Å². The highest BCUT2D eigenvalue weighted by atomic mass is 16.7. The maximum absolute atomic E-state index is 11.9. The molecule has 1 heterocycles. The Hall–Kier alpha value is -2.64. The Kier molecular flexibility index (Phi) is 7.01. The summed E-state index contributed by atoms with van der Waals surface area (Å²) in [6.45, 7) is 1.22. The zero-order valence-electron chi connectivity index (χ0n) is 15.4. The first kappa shape index (κ1) is 19.1. The number of carbonyl (C=O) groups is 2. The molecule has 148 valence electrons. The van der Waals surface area contributed by atoms with Crippen molar-refractivity contribution in [1.82, 2.24) is 16.0 Å². The summed E-state index contributed by atoms with van der Waals surface area (Å²) in [7, 11) is 0. The van der Waals surface area contributed by atoms with Crippen molar-refractivity contribution in [2.45, 2.75) is 44.6 Å². The van der Waals surface area contributed by atoms with E-state index in [0.29, 0.717) is 43.0 Å². The number of amides is 3. The number of rotatable bonds is 8. The monoisotopic (exact) mass is 377 g/mol. The van der Waals surface area contributed by atoms with Gasteiger partial charge in [0.05, 0.1) is 6.54 Å². The molecule has 8 nitrogen and oxygen atoms in total. The van der Waals surface area contributed by atoms with Crippen LogP contribution < -0.4 is 30.2 Å². The first-order chi connectivity index (χ1) is 13.2. The van der Waals surface area contributed by atoms with E-state index >= 15 is 0 Å². The maximum Gasteiger partial charge on any atom is 0.314 e. The van der Waals surface area contributed by atoms with Crippen LogP contribution in [0.25, 0.3) is 0 Å². The van der Waals surface area contributed by atoms with E-state index in [1.54, 1.807) is 18.2 Å². The van der Waals surface area contributed by atoms with Crippen molar-refractivity contribution < 1.29 is 23.8 Å². The molecule has 1 aromatic carbocycles. The van der Waals surface area contributed by atoms with Gasteiger partial charge in [0.15, 0.2) is 11.5 Å². The van der Waals surface area contributed by atoms with Crippen LogP contribution >= 0.6 is 0 Å². The molecule has 0 unspecified atom stereocenters. The predicted molar refractivity (Wildman–Crippen MR) is 99.1 cm³/mol. The number of fused-ring (bicyclic) bond motifs is 1. The van der Waals surface area contributed by atoms with Crippen molar-refractivity contribution in [2.75, 3.05) is 26.5 Å². The summed E-state index contributed by atoms with van der Waals surface area (Å²) >= 11 is 0. The summed E-state index contributed by atoms with van der Waals surface area (Å²) in [4.78, 5) is 23.6. The van der Waals surface area contributed by atoms with Crippen molar-refractivity contribution in [3.63, 3.8) is 0 Å². The second kappa shape index (κ2) is 9.89. The normalized spacial score (nSPS) is 15.9. The number of nitrogens with one attached hydrogen (secondary N) is 3. The van der Waals surface area contributed by atoms with Crippen LogP contribution in [0.1, 0.15) is 38.5 Å². The Morgan fingerprint density at radius 2 is 1.81 bits per heavy atom. The Morgan fingerprint density at radius 1 is 1.04 bits per heavy atom. The lowest BCUT2D eigenvalue weighted by molar-refractivity contribution is -0.121. The van der Waals surface area contributed by atoms with Crippen molar-refractivity contribution in [1.29, 1.82) is 0 Å². The highest BCUT2D eigenvalue weighted by Crippen LogP contribution is 2.34. The number of urea groups is 1. The smallest absolute Gasteiger partial charge is 0.314 e. The minimum atomic E-state index is -0.310. The molecule has 0 aromatic heterocycles.